The molecule has 10 nitrogen and oxygen atoms in total. The number of allylic oxidation sites excluding steroid dienone is 1. The number of nitrogens with one attached hydrogen (secondary N) is 3. The lowest BCUT2D eigenvalue weighted by molar-refractivity contribution is -0.128. The van der Waals surface area contributed by atoms with E-state index < -0.39 is 30.0 Å². The minimum atomic E-state index is -0.889. The summed E-state index contributed by atoms with van der Waals surface area (Å²) in [6.07, 6.45) is 8.09. The molecule has 2 atom stereocenters. The summed E-state index contributed by atoms with van der Waals surface area (Å²) >= 11 is 0. The predicted molar refractivity (Wildman–Crippen MR) is 192 cm³/mol. The average Bonchev–Trinajstić information content (AvgIpc) is 3.46. The van der Waals surface area contributed by atoms with Crippen molar-refractivity contribution in [3.05, 3.63) is 95.1 Å². The molecule has 1 fully saturated rings. The van der Waals surface area contributed by atoms with Gasteiger partial charge in [0.1, 0.15) is 36.4 Å². The number of alkyl carbamates (subject to hydrolysis) is 1. The number of amides is 3. The maximum absolute atomic E-state index is 13.9. The van der Waals surface area contributed by atoms with Crippen molar-refractivity contribution >= 4 is 29.7 Å². The summed E-state index contributed by atoms with van der Waals surface area (Å²) < 4.78 is 5.81. The highest BCUT2D eigenvalue weighted by atomic mass is 16.5. The van der Waals surface area contributed by atoms with Gasteiger partial charge in [0.05, 0.1) is 0 Å². The molecule has 2 aliphatic rings. The second kappa shape index (κ2) is 17.8. The molecule has 3 amide bonds. The molecule has 5 rings (SSSR count). The first-order valence-electron chi connectivity index (χ1n) is 17.4. The topological polar surface area (TPSA) is 170 Å². The lowest BCUT2D eigenvalue weighted by atomic mass is 9.84. The number of nitrogens with zero attached hydrogens (tertiary/aromatic N) is 2. The van der Waals surface area contributed by atoms with E-state index in [1.807, 2.05) is 36.4 Å². The Morgan fingerprint density at radius 2 is 1.52 bits per heavy atom. The van der Waals surface area contributed by atoms with E-state index in [-0.39, 0.29) is 24.0 Å². The average molecular weight is 673 g/mol. The summed E-state index contributed by atoms with van der Waals surface area (Å²) in [7, 11) is 0. The second-order valence-corrected chi connectivity index (χ2v) is 13.0. The third-order valence-electron chi connectivity index (χ3n) is 9.53. The van der Waals surface area contributed by atoms with Crippen molar-refractivity contribution in [3.63, 3.8) is 0 Å². The van der Waals surface area contributed by atoms with Gasteiger partial charge in [-0.05, 0) is 84.2 Å². The molecule has 3 aromatic rings. The summed E-state index contributed by atoms with van der Waals surface area (Å²) in [5.41, 5.74) is 11.1. The molecular formula is C40H44N6O4. The predicted octanol–water partition coefficient (Wildman–Crippen LogP) is 6.55. The van der Waals surface area contributed by atoms with Crippen molar-refractivity contribution in [3.8, 4) is 23.3 Å². The van der Waals surface area contributed by atoms with Gasteiger partial charge in [0, 0.05) is 11.6 Å². The van der Waals surface area contributed by atoms with E-state index in [0.717, 1.165) is 54.4 Å². The van der Waals surface area contributed by atoms with Crippen molar-refractivity contribution in [1.82, 2.24) is 10.6 Å². The van der Waals surface area contributed by atoms with E-state index in [9.17, 15) is 14.4 Å². The van der Waals surface area contributed by atoms with Crippen LogP contribution in [0.5, 0.6) is 0 Å². The van der Waals surface area contributed by atoms with E-state index in [2.05, 4.69) is 40.2 Å². The Hall–Kier alpha value is -5.45. The molecule has 0 aromatic heterocycles. The number of hydrogen-bond acceptors (Lipinski definition) is 7. The summed E-state index contributed by atoms with van der Waals surface area (Å²) in [6.45, 7) is 0.574. The summed E-state index contributed by atoms with van der Waals surface area (Å²) in [4.78, 5) is 40.9. The number of rotatable bonds is 14. The van der Waals surface area contributed by atoms with Crippen LogP contribution in [0.3, 0.4) is 0 Å². The number of nitrogens with two attached hydrogens (primary N) is 1. The first kappa shape index (κ1) is 35.8. The van der Waals surface area contributed by atoms with E-state index in [0.29, 0.717) is 43.5 Å². The molecular weight excluding hydrogens is 628 g/mol. The lowest BCUT2D eigenvalue weighted by Crippen LogP contribution is -2.53. The van der Waals surface area contributed by atoms with Crippen LogP contribution in [0.2, 0.25) is 0 Å². The van der Waals surface area contributed by atoms with Gasteiger partial charge in [-0.25, -0.2) is 4.79 Å². The molecule has 0 unspecified atom stereocenters. The SMILES string of the molecule is N#CC(C#N)=Cc1cccc(NC(=O)[C@H](CCCCN)NC(=O)[C@H](CC2CCCCC2)NC(=O)OCC2c3ccccc3-c3ccccc32)c1. The Kier molecular flexibility index (Phi) is 12.8. The molecule has 0 saturated heterocycles. The van der Waals surface area contributed by atoms with Gasteiger partial charge in [0.25, 0.3) is 0 Å². The summed E-state index contributed by atoms with van der Waals surface area (Å²) in [5.74, 6) is -0.716. The third-order valence-corrected chi connectivity index (χ3v) is 9.53. The van der Waals surface area contributed by atoms with Crippen LogP contribution in [-0.2, 0) is 14.3 Å². The number of fused-ring (bicyclic) bond motifs is 3. The van der Waals surface area contributed by atoms with Crippen LogP contribution in [0.4, 0.5) is 10.5 Å². The molecule has 258 valence electrons. The Labute approximate surface area is 293 Å². The minimum Gasteiger partial charge on any atom is -0.449 e. The Balaban J connectivity index is 1.28. The fourth-order valence-electron chi connectivity index (χ4n) is 7.00. The van der Waals surface area contributed by atoms with Gasteiger partial charge in [-0.3, -0.25) is 9.59 Å². The molecule has 0 radical (unpaired) electrons. The number of ether oxygens (including phenoxy) is 1. The first-order chi connectivity index (χ1) is 24.4. The summed E-state index contributed by atoms with van der Waals surface area (Å²) in [6, 6.07) is 24.9. The lowest BCUT2D eigenvalue weighted by Gasteiger charge is -2.28. The van der Waals surface area contributed by atoms with Crippen molar-refractivity contribution in [2.75, 3.05) is 18.5 Å². The Morgan fingerprint density at radius 3 is 2.18 bits per heavy atom. The van der Waals surface area contributed by atoms with Gasteiger partial charge in [0.15, 0.2) is 0 Å². The fourth-order valence-corrected chi connectivity index (χ4v) is 7.00. The monoisotopic (exact) mass is 672 g/mol. The molecule has 0 spiro atoms. The fraction of sp³-hybridized carbons (Fsp3) is 0.375. The van der Waals surface area contributed by atoms with Crippen molar-refractivity contribution in [2.45, 2.75) is 75.8 Å². The molecule has 50 heavy (non-hydrogen) atoms. The Bertz CT molecular complexity index is 1720. The summed E-state index contributed by atoms with van der Waals surface area (Å²) in [5, 5.41) is 26.9. The minimum absolute atomic E-state index is 0.0618. The molecule has 0 aliphatic heterocycles. The van der Waals surface area contributed by atoms with Crippen LogP contribution in [0.1, 0.15) is 80.4 Å². The van der Waals surface area contributed by atoms with Crippen LogP contribution >= 0.6 is 0 Å². The van der Waals surface area contributed by atoms with Crippen LogP contribution in [-0.4, -0.2) is 43.1 Å². The normalized spacial score (nSPS) is 14.9. The van der Waals surface area contributed by atoms with E-state index >= 15 is 0 Å². The molecule has 0 bridgehead atoms. The highest BCUT2D eigenvalue weighted by Crippen LogP contribution is 2.44. The molecule has 3 aromatic carbocycles. The number of benzene rings is 3. The zero-order valence-electron chi connectivity index (χ0n) is 28.2. The largest absolute Gasteiger partial charge is 0.449 e. The molecule has 5 N–H and O–H groups in total. The van der Waals surface area contributed by atoms with Gasteiger partial charge in [-0.2, -0.15) is 10.5 Å². The molecule has 10 heteroatoms. The number of nitriles is 2. The smallest absolute Gasteiger partial charge is 0.407 e. The van der Waals surface area contributed by atoms with Crippen LogP contribution in [0.15, 0.2) is 78.4 Å². The van der Waals surface area contributed by atoms with Gasteiger partial charge >= 0.3 is 6.09 Å². The van der Waals surface area contributed by atoms with Gasteiger partial charge in [-0.1, -0.05) is 92.8 Å². The zero-order chi connectivity index (χ0) is 35.3. The van der Waals surface area contributed by atoms with Crippen molar-refractivity contribution in [2.24, 2.45) is 11.7 Å². The Morgan fingerprint density at radius 1 is 0.840 bits per heavy atom. The van der Waals surface area contributed by atoms with Crippen LogP contribution in [0.25, 0.3) is 17.2 Å². The number of anilines is 1. The van der Waals surface area contributed by atoms with Crippen LogP contribution < -0.4 is 21.7 Å². The van der Waals surface area contributed by atoms with E-state index in [1.165, 1.54) is 6.08 Å². The number of carbonyl (C=O) groups is 3. The zero-order valence-corrected chi connectivity index (χ0v) is 28.2. The van der Waals surface area contributed by atoms with Gasteiger partial charge < -0.3 is 26.4 Å². The maximum atomic E-state index is 13.9. The maximum Gasteiger partial charge on any atom is 0.407 e. The van der Waals surface area contributed by atoms with Gasteiger partial charge in [0.2, 0.25) is 11.8 Å². The standard InChI is InChI=1S/C40H44N6O4/c41-20-9-8-19-36(38(47)44-30-14-10-13-28(22-30)21-29(24-42)25-43)45-39(48)37(23-27-11-2-1-3-12-27)46-40(49)50-26-35-33-17-6-4-15-31(33)32-16-5-7-18-34(32)35/h4-7,10,13-18,21-22,27,35-37H,1-3,8-9,11-12,19-20,23,26,41H2,(H,44,47)(H,45,48)(H,46,49)/t36-,37-/m0/s1. The number of carbonyl (C=O) groups excluding carboxylic acids is 3. The third kappa shape index (κ3) is 9.37. The van der Waals surface area contributed by atoms with Crippen molar-refractivity contribution in [1.29, 1.82) is 10.5 Å². The number of unbranched alkanes of at least 4 members (excludes halogenated alkanes) is 1. The first-order valence-corrected chi connectivity index (χ1v) is 17.4. The highest BCUT2D eigenvalue weighted by molar-refractivity contribution is 5.98. The molecule has 1 saturated carbocycles. The van der Waals surface area contributed by atoms with Gasteiger partial charge in [-0.15, -0.1) is 0 Å². The van der Waals surface area contributed by atoms with Crippen molar-refractivity contribution < 1.29 is 19.1 Å². The molecule has 0 heterocycles. The quantitative estimate of drug-likeness (QED) is 0.111. The molecule has 2 aliphatic carbocycles. The van der Waals surface area contributed by atoms with E-state index in [4.69, 9.17) is 21.0 Å². The van der Waals surface area contributed by atoms with E-state index in [1.54, 1.807) is 24.3 Å². The highest BCUT2D eigenvalue weighted by Gasteiger charge is 2.32. The second-order valence-electron chi connectivity index (χ2n) is 13.0. The number of hydrogen-bond donors (Lipinski definition) is 4. The van der Waals surface area contributed by atoms with Crippen LogP contribution in [0, 0.1) is 28.6 Å².